The molecule has 56 valence electrons. The van der Waals surface area contributed by atoms with Gasteiger partial charge in [0, 0.05) is 26.1 Å². The second-order valence-corrected chi connectivity index (χ2v) is 2.98. The molecule has 0 atom stereocenters. The zero-order chi connectivity index (χ0) is 6.97. The van der Waals surface area contributed by atoms with Gasteiger partial charge in [-0.05, 0) is 6.42 Å². The maximum Gasteiger partial charge on any atom is 0.149 e. The molecule has 2 fully saturated rings. The van der Waals surface area contributed by atoms with Gasteiger partial charge in [-0.15, -0.1) is 0 Å². The van der Waals surface area contributed by atoms with E-state index in [0.717, 1.165) is 26.1 Å². The Kier molecular flexibility index (Phi) is 1.47. The van der Waals surface area contributed by atoms with Crippen LogP contribution in [-0.4, -0.2) is 42.0 Å². The van der Waals surface area contributed by atoms with Crippen molar-refractivity contribution in [2.75, 3.05) is 26.2 Å². The van der Waals surface area contributed by atoms with Crippen LogP contribution in [0.4, 0.5) is 0 Å². The van der Waals surface area contributed by atoms with E-state index in [1.165, 1.54) is 6.42 Å². The highest BCUT2D eigenvalue weighted by Crippen LogP contribution is 2.14. The van der Waals surface area contributed by atoms with E-state index in [9.17, 15) is 4.79 Å². The zero-order valence-electron chi connectivity index (χ0n) is 6.05. The van der Waals surface area contributed by atoms with Crippen molar-refractivity contribution in [3.63, 3.8) is 0 Å². The molecule has 3 nitrogen and oxygen atoms in total. The van der Waals surface area contributed by atoms with E-state index in [4.69, 9.17) is 0 Å². The van der Waals surface area contributed by atoms with Crippen LogP contribution in [0.5, 0.6) is 0 Å². The lowest BCUT2D eigenvalue weighted by Crippen LogP contribution is -2.45. The number of hydrogen-bond donors (Lipinski definition) is 0. The molecule has 0 radical (unpaired) electrons. The largest absolute Gasteiger partial charge is 0.298 e. The number of ketones is 1. The molecule has 3 heteroatoms. The SMILES string of the molecule is O=C1CCN2CCCN2C1. The number of nitrogens with zero attached hydrogens (tertiary/aromatic N) is 2. The number of carbonyl (C=O) groups is 1. The Balaban J connectivity index is 2.03. The highest BCUT2D eigenvalue weighted by atomic mass is 16.1. The van der Waals surface area contributed by atoms with Gasteiger partial charge in [0.1, 0.15) is 5.78 Å². The molecule has 0 unspecified atom stereocenters. The van der Waals surface area contributed by atoms with Crippen molar-refractivity contribution in [2.45, 2.75) is 12.8 Å². The van der Waals surface area contributed by atoms with Crippen LogP contribution in [0.25, 0.3) is 0 Å². The number of hydrogen-bond acceptors (Lipinski definition) is 3. The molecule has 0 aliphatic carbocycles. The summed E-state index contributed by atoms with van der Waals surface area (Å²) in [6, 6.07) is 0. The van der Waals surface area contributed by atoms with Gasteiger partial charge in [0.15, 0.2) is 0 Å². The lowest BCUT2D eigenvalue weighted by molar-refractivity contribution is -0.130. The summed E-state index contributed by atoms with van der Waals surface area (Å²) in [6.45, 7) is 3.87. The van der Waals surface area contributed by atoms with E-state index in [1.807, 2.05) is 0 Å². The summed E-state index contributed by atoms with van der Waals surface area (Å²) in [6.07, 6.45) is 1.99. The molecule has 2 saturated heterocycles. The lowest BCUT2D eigenvalue weighted by atomic mass is 10.2. The van der Waals surface area contributed by atoms with Crippen LogP contribution >= 0.6 is 0 Å². The second kappa shape index (κ2) is 2.32. The van der Waals surface area contributed by atoms with E-state index in [-0.39, 0.29) is 0 Å². The van der Waals surface area contributed by atoms with Crippen molar-refractivity contribution in [3.05, 3.63) is 0 Å². The number of Topliss-reactive ketones (excluding diaryl/α,β-unsaturated/α-hetero) is 1. The Morgan fingerprint density at radius 3 is 2.80 bits per heavy atom. The smallest absolute Gasteiger partial charge is 0.149 e. The van der Waals surface area contributed by atoms with Crippen molar-refractivity contribution in [2.24, 2.45) is 0 Å². The summed E-state index contributed by atoms with van der Waals surface area (Å²) in [4.78, 5) is 10.9. The van der Waals surface area contributed by atoms with Gasteiger partial charge < -0.3 is 0 Å². The predicted octanol–water partition coefficient (Wildman–Crippen LogP) is -0.118. The number of fused-ring (bicyclic) bond motifs is 1. The third kappa shape index (κ3) is 0.954. The lowest BCUT2D eigenvalue weighted by Gasteiger charge is -2.31. The molecule has 0 N–H and O–H groups in total. The number of carbonyl (C=O) groups excluding carboxylic acids is 1. The summed E-state index contributed by atoms with van der Waals surface area (Å²) >= 11 is 0. The third-order valence-electron chi connectivity index (χ3n) is 2.24. The van der Waals surface area contributed by atoms with Crippen molar-refractivity contribution in [1.82, 2.24) is 10.0 Å². The molecule has 2 aliphatic heterocycles. The predicted molar refractivity (Wildman–Crippen MR) is 37.4 cm³/mol. The topological polar surface area (TPSA) is 23.6 Å². The summed E-state index contributed by atoms with van der Waals surface area (Å²) < 4.78 is 0. The minimum absolute atomic E-state index is 0.401. The van der Waals surface area contributed by atoms with E-state index >= 15 is 0 Å². The maximum absolute atomic E-state index is 10.9. The molecule has 2 aliphatic rings. The van der Waals surface area contributed by atoms with Gasteiger partial charge in [-0.2, -0.15) is 0 Å². The van der Waals surface area contributed by atoms with Gasteiger partial charge in [-0.25, -0.2) is 10.0 Å². The Morgan fingerprint density at radius 1 is 1.10 bits per heavy atom. The quantitative estimate of drug-likeness (QED) is 0.469. The third-order valence-corrected chi connectivity index (χ3v) is 2.24. The Labute approximate surface area is 60.6 Å². The van der Waals surface area contributed by atoms with Crippen LogP contribution in [0.1, 0.15) is 12.8 Å². The molecule has 0 aromatic carbocycles. The molecule has 0 saturated carbocycles. The first-order chi connectivity index (χ1) is 4.86. The zero-order valence-corrected chi connectivity index (χ0v) is 6.05. The average Bonchev–Trinajstić information content (AvgIpc) is 2.33. The van der Waals surface area contributed by atoms with Gasteiger partial charge in [0.05, 0.1) is 6.54 Å². The Morgan fingerprint density at radius 2 is 1.90 bits per heavy atom. The first kappa shape index (κ1) is 6.31. The number of rotatable bonds is 0. The fraction of sp³-hybridized carbons (Fsp3) is 0.857. The van der Waals surface area contributed by atoms with Gasteiger partial charge in [-0.1, -0.05) is 0 Å². The molecule has 0 bridgehead atoms. The van der Waals surface area contributed by atoms with Crippen LogP contribution in [-0.2, 0) is 4.79 Å². The van der Waals surface area contributed by atoms with Gasteiger partial charge in [-0.3, -0.25) is 4.79 Å². The van der Waals surface area contributed by atoms with Gasteiger partial charge >= 0.3 is 0 Å². The molecule has 0 amide bonds. The van der Waals surface area contributed by atoms with Crippen molar-refractivity contribution in [1.29, 1.82) is 0 Å². The van der Waals surface area contributed by atoms with Crippen LogP contribution in [0.2, 0.25) is 0 Å². The van der Waals surface area contributed by atoms with Crippen molar-refractivity contribution >= 4 is 5.78 Å². The van der Waals surface area contributed by atoms with Crippen LogP contribution in [0, 0.1) is 0 Å². The molecule has 2 heterocycles. The summed E-state index contributed by atoms with van der Waals surface area (Å²) in [5.41, 5.74) is 0. The first-order valence-corrected chi connectivity index (χ1v) is 3.88. The number of hydrazine groups is 1. The van der Waals surface area contributed by atoms with E-state index in [0.29, 0.717) is 12.3 Å². The van der Waals surface area contributed by atoms with Gasteiger partial charge in [0.25, 0.3) is 0 Å². The summed E-state index contributed by atoms with van der Waals surface area (Å²) in [5, 5.41) is 4.47. The second-order valence-electron chi connectivity index (χ2n) is 2.98. The Hall–Kier alpha value is -0.410. The first-order valence-electron chi connectivity index (χ1n) is 3.88. The van der Waals surface area contributed by atoms with Crippen LogP contribution in [0.3, 0.4) is 0 Å². The molecular weight excluding hydrogens is 128 g/mol. The molecule has 0 aromatic heterocycles. The van der Waals surface area contributed by atoms with E-state index < -0.39 is 0 Å². The minimum atomic E-state index is 0.401. The van der Waals surface area contributed by atoms with Crippen molar-refractivity contribution < 1.29 is 4.79 Å². The maximum atomic E-state index is 10.9. The molecular formula is C7H12N2O. The highest BCUT2D eigenvalue weighted by Gasteiger charge is 2.27. The normalized spacial score (nSPS) is 29.0. The van der Waals surface area contributed by atoms with Gasteiger partial charge in [0.2, 0.25) is 0 Å². The fourth-order valence-electron chi connectivity index (χ4n) is 1.69. The molecule has 2 rings (SSSR count). The standard InChI is InChI=1S/C7H12N2O/c10-7-2-5-8-3-1-4-9(8)6-7/h1-6H2. The summed E-state index contributed by atoms with van der Waals surface area (Å²) in [7, 11) is 0. The Bertz CT molecular complexity index is 158. The highest BCUT2D eigenvalue weighted by molar-refractivity contribution is 5.81. The molecule has 0 spiro atoms. The van der Waals surface area contributed by atoms with Crippen molar-refractivity contribution in [3.8, 4) is 0 Å². The van der Waals surface area contributed by atoms with E-state index in [1.54, 1.807) is 0 Å². The molecule has 10 heavy (non-hydrogen) atoms. The fourth-order valence-corrected chi connectivity index (χ4v) is 1.69. The summed E-state index contributed by atoms with van der Waals surface area (Å²) in [5.74, 6) is 0.401. The van der Waals surface area contributed by atoms with Crippen LogP contribution < -0.4 is 0 Å². The van der Waals surface area contributed by atoms with Crippen LogP contribution in [0.15, 0.2) is 0 Å². The molecule has 0 aromatic rings. The average molecular weight is 140 g/mol. The monoisotopic (exact) mass is 140 g/mol. The minimum Gasteiger partial charge on any atom is -0.298 e. The van der Waals surface area contributed by atoms with E-state index in [2.05, 4.69) is 10.0 Å².